The van der Waals surface area contributed by atoms with Gasteiger partial charge in [-0.2, -0.15) is 0 Å². The van der Waals surface area contributed by atoms with Crippen molar-refractivity contribution in [3.63, 3.8) is 0 Å². The van der Waals surface area contributed by atoms with E-state index in [2.05, 4.69) is 67.8 Å². The average Bonchev–Trinajstić information content (AvgIpc) is 0.781. The van der Waals surface area contributed by atoms with Gasteiger partial charge in [0.05, 0.1) is 38.6 Å². The molecular weight excluding hydrogens is 1360 g/mol. The fourth-order valence-corrected chi connectivity index (χ4v) is 14.7. The number of ether oxygens (including phenoxy) is 6. The Morgan fingerprint density at radius 3 is 0.991 bits per heavy atom. The number of carbonyl (C=O) groups is 1. The number of nitrogens with one attached hydrogen (secondary N) is 1. The number of hydrogen-bond acceptors (Lipinski definition) is 18. The Bertz CT molecular complexity index is 2160. The highest BCUT2D eigenvalue weighted by molar-refractivity contribution is 5.76. The molecule has 19 heteroatoms. The summed E-state index contributed by atoms with van der Waals surface area (Å²) < 4.78 is 34.5. The highest BCUT2D eigenvalue weighted by Crippen LogP contribution is 2.33. The fraction of sp³-hybridized carbons (Fsp3) is 0.875. The molecule has 0 aromatic heterocycles. The van der Waals surface area contributed by atoms with Gasteiger partial charge in [0.25, 0.3) is 0 Å². The lowest BCUT2D eigenvalue weighted by Crippen LogP contribution is -2.66. The highest BCUT2D eigenvalue weighted by Gasteiger charge is 2.54. The maximum atomic E-state index is 13.5. The quantitative estimate of drug-likeness (QED) is 0.0199. The van der Waals surface area contributed by atoms with Crippen LogP contribution in [0.15, 0.2) is 60.8 Å². The van der Waals surface area contributed by atoms with E-state index in [1.54, 1.807) is 6.08 Å². The van der Waals surface area contributed by atoms with E-state index in [1.165, 1.54) is 276 Å². The van der Waals surface area contributed by atoms with Crippen LogP contribution in [-0.4, -0.2) is 193 Å². The summed E-state index contributed by atoms with van der Waals surface area (Å²) in [4.78, 5) is 13.5. The average molecular weight is 1520 g/mol. The molecule has 17 atom stereocenters. The molecular formula is C88H161NO18. The number of aliphatic hydroxyl groups is 11. The predicted molar refractivity (Wildman–Crippen MR) is 429 cm³/mol. The van der Waals surface area contributed by atoms with E-state index in [1.807, 2.05) is 6.08 Å². The summed E-state index contributed by atoms with van der Waals surface area (Å²) in [5.41, 5.74) is 0. The van der Waals surface area contributed by atoms with Crippen molar-refractivity contribution in [1.82, 2.24) is 5.32 Å². The third-order valence-electron chi connectivity index (χ3n) is 21.8. The minimum atomic E-state index is -1.99. The van der Waals surface area contributed by atoms with Crippen molar-refractivity contribution in [2.45, 2.75) is 465 Å². The molecule has 3 aliphatic rings. The van der Waals surface area contributed by atoms with Gasteiger partial charge in [0.15, 0.2) is 18.9 Å². The van der Waals surface area contributed by atoms with Crippen LogP contribution < -0.4 is 5.32 Å². The van der Waals surface area contributed by atoms with Crippen LogP contribution in [0, 0.1) is 0 Å². The van der Waals surface area contributed by atoms with E-state index in [-0.39, 0.29) is 18.9 Å². The first-order chi connectivity index (χ1) is 52.3. The summed E-state index contributed by atoms with van der Waals surface area (Å²) in [6.07, 6.45) is 62.3. The van der Waals surface area contributed by atoms with Gasteiger partial charge in [-0.3, -0.25) is 4.79 Å². The molecule has 0 bridgehead atoms. The van der Waals surface area contributed by atoms with Crippen LogP contribution in [0.3, 0.4) is 0 Å². The van der Waals surface area contributed by atoms with E-state index < -0.39 is 124 Å². The first-order valence-electron chi connectivity index (χ1n) is 44.0. The standard InChI is InChI=1S/C88H161NO18/c1-3-5-7-9-11-13-15-17-19-21-23-25-27-29-31-33-34-35-36-38-39-41-43-45-47-49-51-53-55-57-59-61-63-65-72(93)71(89-76(94)66-64-62-60-58-56-54-52-50-48-46-44-42-40-37-32-30-28-26-24-22-20-18-16-14-12-10-8-6-4-2)70-102-86-82(100)79(97)84(74(68-91)104-86)107-88-83(101)80(98)85(75(69-92)105-88)106-87-81(99)78(96)77(95)73(67-90)103-87/h16,18,22,24,47,49,55,57,63,65,71-75,77-88,90-93,95-101H,3-15,17,19-21,23,25-46,48,50-54,56,58-62,64,66-70H2,1-2H3,(H,89,94)/b18-16-,24-22-,49-47+,57-55+,65-63+. The SMILES string of the molecule is CCCCCCC/C=C\C/C=C\CCCCCCCCCCCCCCCCCCCC(=O)NC(COC1OC(CO)C(OC2OC(CO)C(OC3OC(CO)C(O)C(O)C3O)C(O)C2O)C(O)C1O)C(O)/C=C/CC/C=C/CC/C=C/CCCCCCCCCCCCCCCCCCCCCCCCC. The Balaban J connectivity index is 1.36. The zero-order valence-electron chi connectivity index (χ0n) is 67.4. The molecule has 626 valence electrons. The Morgan fingerprint density at radius 1 is 0.336 bits per heavy atom. The molecule has 0 spiro atoms. The smallest absolute Gasteiger partial charge is 0.220 e. The minimum Gasteiger partial charge on any atom is -0.394 e. The third-order valence-corrected chi connectivity index (χ3v) is 21.8. The molecule has 1 amide bonds. The maximum absolute atomic E-state index is 13.5. The van der Waals surface area contributed by atoms with Gasteiger partial charge in [0.2, 0.25) is 5.91 Å². The van der Waals surface area contributed by atoms with Crippen molar-refractivity contribution in [3.8, 4) is 0 Å². The molecule has 3 rings (SSSR count). The third kappa shape index (κ3) is 47.1. The molecule has 0 saturated carbocycles. The predicted octanol–water partition coefficient (Wildman–Crippen LogP) is 16.2. The Kier molecular flexibility index (Phi) is 62.7. The van der Waals surface area contributed by atoms with Crippen LogP contribution in [-0.2, 0) is 33.2 Å². The van der Waals surface area contributed by atoms with Crippen molar-refractivity contribution in [1.29, 1.82) is 0 Å². The minimum absolute atomic E-state index is 0.232. The van der Waals surface area contributed by atoms with E-state index in [0.29, 0.717) is 12.8 Å². The number of amides is 1. The first kappa shape index (κ1) is 98.7. The van der Waals surface area contributed by atoms with Crippen LogP contribution >= 0.6 is 0 Å². The van der Waals surface area contributed by atoms with Gasteiger partial charge in [-0.1, -0.05) is 338 Å². The molecule has 3 aliphatic heterocycles. The summed E-state index contributed by atoms with van der Waals surface area (Å²) in [7, 11) is 0. The lowest BCUT2D eigenvalue weighted by molar-refractivity contribution is -0.379. The molecule has 3 fully saturated rings. The van der Waals surface area contributed by atoms with Crippen molar-refractivity contribution >= 4 is 5.91 Å². The molecule has 19 nitrogen and oxygen atoms in total. The van der Waals surface area contributed by atoms with E-state index in [4.69, 9.17) is 28.4 Å². The van der Waals surface area contributed by atoms with Crippen molar-refractivity contribution in [2.24, 2.45) is 0 Å². The molecule has 0 aromatic carbocycles. The van der Waals surface area contributed by atoms with Gasteiger partial charge in [-0.05, 0) is 77.0 Å². The van der Waals surface area contributed by atoms with Crippen molar-refractivity contribution in [2.75, 3.05) is 26.4 Å². The molecule has 0 aromatic rings. The molecule has 12 N–H and O–H groups in total. The lowest BCUT2D eigenvalue weighted by Gasteiger charge is -2.48. The van der Waals surface area contributed by atoms with Crippen LogP contribution in [0.2, 0.25) is 0 Å². The maximum Gasteiger partial charge on any atom is 0.220 e. The van der Waals surface area contributed by atoms with Gasteiger partial charge in [-0.15, -0.1) is 0 Å². The first-order valence-corrected chi connectivity index (χ1v) is 44.0. The molecule has 0 aliphatic carbocycles. The number of rotatable bonds is 71. The van der Waals surface area contributed by atoms with Crippen LogP contribution in [0.25, 0.3) is 0 Å². The van der Waals surface area contributed by atoms with Gasteiger partial charge in [0, 0.05) is 6.42 Å². The highest BCUT2D eigenvalue weighted by atomic mass is 16.8. The molecule has 0 radical (unpaired) electrons. The van der Waals surface area contributed by atoms with Crippen LogP contribution in [0.5, 0.6) is 0 Å². The van der Waals surface area contributed by atoms with Crippen LogP contribution in [0.1, 0.15) is 361 Å². The van der Waals surface area contributed by atoms with Gasteiger partial charge < -0.3 is 89.9 Å². The van der Waals surface area contributed by atoms with E-state index in [9.17, 15) is 61.0 Å². The Morgan fingerprint density at radius 2 is 0.626 bits per heavy atom. The molecule has 3 heterocycles. The van der Waals surface area contributed by atoms with Gasteiger partial charge in [0.1, 0.15) is 73.2 Å². The number of allylic oxidation sites excluding steroid dienone is 9. The number of unbranched alkanes of at least 4 members (excludes halogenated alkanes) is 47. The second-order valence-electron chi connectivity index (χ2n) is 31.3. The molecule has 17 unspecified atom stereocenters. The van der Waals surface area contributed by atoms with E-state index >= 15 is 0 Å². The van der Waals surface area contributed by atoms with Crippen molar-refractivity contribution < 1.29 is 89.4 Å². The summed E-state index contributed by atoms with van der Waals surface area (Å²) in [5.74, 6) is -0.285. The summed E-state index contributed by atoms with van der Waals surface area (Å²) in [6, 6.07) is -1.00. The summed E-state index contributed by atoms with van der Waals surface area (Å²) in [5, 5.41) is 121. The Hall–Kier alpha value is -2.51. The Labute approximate surface area is 649 Å². The molecule has 3 saturated heterocycles. The summed E-state index contributed by atoms with van der Waals surface area (Å²) >= 11 is 0. The zero-order valence-corrected chi connectivity index (χ0v) is 67.4. The molecule has 107 heavy (non-hydrogen) atoms. The summed E-state index contributed by atoms with van der Waals surface area (Å²) in [6.45, 7) is 1.75. The van der Waals surface area contributed by atoms with E-state index in [0.717, 1.165) is 51.4 Å². The largest absolute Gasteiger partial charge is 0.394 e. The normalized spacial score (nSPS) is 25.8. The zero-order chi connectivity index (χ0) is 77.4. The van der Waals surface area contributed by atoms with Crippen LogP contribution in [0.4, 0.5) is 0 Å². The van der Waals surface area contributed by atoms with Gasteiger partial charge >= 0.3 is 0 Å². The topological polar surface area (TPSA) is 307 Å². The van der Waals surface area contributed by atoms with Crippen molar-refractivity contribution in [3.05, 3.63) is 60.8 Å². The second kappa shape index (κ2) is 67.9. The fourth-order valence-electron chi connectivity index (χ4n) is 14.7. The number of aliphatic hydroxyl groups excluding tert-OH is 11. The number of hydrogen-bond donors (Lipinski definition) is 12. The second-order valence-corrected chi connectivity index (χ2v) is 31.3. The monoisotopic (exact) mass is 1520 g/mol. The lowest BCUT2D eigenvalue weighted by atomic mass is 9.96. The van der Waals surface area contributed by atoms with Gasteiger partial charge in [-0.25, -0.2) is 0 Å². The number of carbonyl (C=O) groups excluding carboxylic acids is 1.